The third-order valence-corrected chi connectivity index (χ3v) is 3.05. The maximum absolute atomic E-state index is 12.6. The fraction of sp³-hybridized carbons (Fsp3) is 0.125. The van der Waals surface area contributed by atoms with Crippen molar-refractivity contribution in [2.24, 2.45) is 0 Å². The van der Waals surface area contributed by atoms with Crippen molar-refractivity contribution in [3.63, 3.8) is 0 Å². The van der Waals surface area contributed by atoms with Crippen LogP contribution in [0.4, 0.5) is 11.4 Å². The third kappa shape index (κ3) is 3.39. The Morgan fingerprint density at radius 1 is 1.14 bits per heavy atom. The molecule has 0 saturated carbocycles. The molecule has 21 heavy (non-hydrogen) atoms. The van der Waals surface area contributed by atoms with E-state index in [-0.39, 0.29) is 0 Å². The van der Waals surface area contributed by atoms with Crippen LogP contribution in [-0.4, -0.2) is 23.5 Å². The minimum absolute atomic E-state index is 0.306. The third-order valence-electron chi connectivity index (χ3n) is 3.05. The highest BCUT2D eigenvalue weighted by Crippen LogP contribution is 2.21. The molecule has 0 aliphatic carbocycles. The van der Waals surface area contributed by atoms with Crippen LogP contribution >= 0.6 is 0 Å². The number of carboxylic acids is 1. The summed E-state index contributed by atoms with van der Waals surface area (Å²) in [6.45, 7) is 1.43. The van der Waals surface area contributed by atoms with E-state index in [9.17, 15) is 9.59 Å². The van der Waals surface area contributed by atoms with E-state index in [2.05, 4.69) is 0 Å². The average molecular weight is 284 g/mol. The minimum atomic E-state index is -1.08. The molecular weight excluding hydrogens is 268 g/mol. The molecule has 2 rings (SSSR count). The van der Waals surface area contributed by atoms with Crippen LogP contribution in [0.1, 0.15) is 15.9 Å². The molecule has 2 aromatic carbocycles. The zero-order valence-electron chi connectivity index (χ0n) is 11.6. The monoisotopic (exact) mass is 284 g/mol. The summed E-state index contributed by atoms with van der Waals surface area (Å²) in [4.78, 5) is 24.9. The molecule has 108 valence electrons. The molecule has 0 radical (unpaired) electrons. The van der Waals surface area contributed by atoms with Gasteiger partial charge in [0.2, 0.25) is 0 Å². The summed E-state index contributed by atoms with van der Waals surface area (Å²) in [7, 11) is 0. The van der Waals surface area contributed by atoms with Gasteiger partial charge in [-0.1, -0.05) is 29.8 Å². The van der Waals surface area contributed by atoms with Crippen LogP contribution in [0, 0.1) is 6.92 Å². The molecule has 0 aromatic heterocycles. The van der Waals surface area contributed by atoms with Gasteiger partial charge in [-0.3, -0.25) is 14.5 Å². The van der Waals surface area contributed by atoms with Crippen molar-refractivity contribution in [3.05, 3.63) is 59.7 Å². The fourth-order valence-corrected chi connectivity index (χ4v) is 2.02. The van der Waals surface area contributed by atoms with E-state index in [1.54, 1.807) is 48.5 Å². The Balaban J connectivity index is 2.43. The Hall–Kier alpha value is -2.82. The zero-order valence-corrected chi connectivity index (χ0v) is 11.6. The number of benzene rings is 2. The molecule has 0 bridgehead atoms. The number of rotatable bonds is 4. The normalized spacial score (nSPS) is 10.1. The summed E-state index contributed by atoms with van der Waals surface area (Å²) in [5.41, 5.74) is 7.88. The van der Waals surface area contributed by atoms with Gasteiger partial charge >= 0.3 is 5.97 Å². The largest absolute Gasteiger partial charge is 0.480 e. The van der Waals surface area contributed by atoms with E-state index in [1.807, 2.05) is 6.92 Å². The molecular formula is C16H16N2O3. The highest BCUT2D eigenvalue weighted by Gasteiger charge is 2.22. The van der Waals surface area contributed by atoms with Gasteiger partial charge in [-0.25, -0.2) is 0 Å². The fourth-order valence-electron chi connectivity index (χ4n) is 2.02. The number of nitrogen functional groups attached to an aromatic ring is 1. The predicted molar refractivity (Wildman–Crippen MR) is 81.3 cm³/mol. The first-order valence-corrected chi connectivity index (χ1v) is 6.44. The molecule has 0 fully saturated rings. The van der Waals surface area contributed by atoms with E-state index < -0.39 is 18.4 Å². The average Bonchev–Trinajstić information content (AvgIpc) is 2.47. The second kappa shape index (κ2) is 6.09. The molecule has 0 spiro atoms. The number of anilines is 2. The highest BCUT2D eigenvalue weighted by molar-refractivity contribution is 6.11. The van der Waals surface area contributed by atoms with Gasteiger partial charge in [0.25, 0.3) is 5.91 Å². The molecule has 0 saturated heterocycles. The van der Waals surface area contributed by atoms with E-state index in [4.69, 9.17) is 10.8 Å². The number of hydrogen-bond donors (Lipinski definition) is 2. The molecule has 2 aromatic rings. The highest BCUT2D eigenvalue weighted by atomic mass is 16.4. The lowest BCUT2D eigenvalue weighted by Crippen LogP contribution is -2.36. The van der Waals surface area contributed by atoms with Gasteiger partial charge in [-0.15, -0.1) is 0 Å². The summed E-state index contributed by atoms with van der Waals surface area (Å²) >= 11 is 0. The summed E-state index contributed by atoms with van der Waals surface area (Å²) in [6, 6.07) is 13.8. The Labute approximate surface area is 122 Å². The number of para-hydroxylation sites is 1. The quantitative estimate of drug-likeness (QED) is 0.844. The van der Waals surface area contributed by atoms with Gasteiger partial charge in [0.05, 0.1) is 5.56 Å². The number of carbonyl (C=O) groups excluding carboxylic acids is 1. The lowest BCUT2D eigenvalue weighted by atomic mass is 10.1. The Morgan fingerprint density at radius 2 is 1.81 bits per heavy atom. The van der Waals surface area contributed by atoms with Crippen LogP contribution in [0.5, 0.6) is 0 Å². The van der Waals surface area contributed by atoms with Crippen molar-refractivity contribution in [3.8, 4) is 0 Å². The molecule has 0 atom stereocenters. The number of hydrogen-bond acceptors (Lipinski definition) is 3. The van der Waals surface area contributed by atoms with E-state index in [0.717, 1.165) is 5.56 Å². The number of carbonyl (C=O) groups is 2. The van der Waals surface area contributed by atoms with Crippen LogP contribution < -0.4 is 10.6 Å². The maximum atomic E-state index is 12.6. The molecule has 3 N–H and O–H groups in total. The lowest BCUT2D eigenvalue weighted by molar-refractivity contribution is -0.135. The van der Waals surface area contributed by atoms with Crippen molar-refractivity contribution in [2.75, 3.05) is 17.2 Å². The summed E-state index contributed by atoms with van der Waals surface area (Å²) < 4.78 is 0. The smallest absolute Gasteiger partial charge is 0.323 e. The van der Waals surface area contributed by atoms with Crippen molar-refractivity contribution in [1.82, 2.24) is 0 Å². The van der Waals surface area contributed by atoms with Gasteiger partial charge < -0.3 is 10.8 Å². The molecule has 1 amide bonds. The molecule has 0 unspecified atom stereocenters. The number of aryl methyl sites for hydroxylation is 1. The first-order chi connectivity index (χ1) is 9.99. The van der Waals surface area contributed by atoms with Crippen LogP contribution in [0.3, 0.4) is 0 Å². The SMILES string of the molecule is Cc1ccc(N)c(C(=O)N(CC(=O)O)c2ccccc2)c1. The molecule has 0 aliphatic heterocycles. The van der Waals surface area contributed by atoms with Crippen molar-refractivity contribution in [1.29, 1.82) is 0 Å². The van der Waals surface area contributed by atoms with Crippen molar-refractivity contribution >= 4 is 23.3 Å². The van der Waals surface area contributed by atoms with Crippen molar-refractivity contribution < 1.29 is 14.7 Å². The maximum Gasteiger partial charge on any atom is 0.323 e. The number of nitrogens with two attached hydrogens (primary N) is 1. The molecule has 0 aliphatic rings. The summed E-state index contributed by atoms with van der Waals surface area (Å²) in [5.74, 6) is -1.51. The van der Waals surface area contributed by atoms with E-state index in [0.29, 0.717) is 16.9 Å². The molecule has 0 heterocycles. The van der Waals surface area contributed by atoms with Gasteiger partial charge in [-0.2, -0.15) is 0 Å². The topological polar surface area (TPSA) is 83.6 Å². The summed E-state index contributed by atoms with van der Waals surface area (Å²) in [6.07, 6.45) is 0. The number of carboxylic acid groups (broad SMARTS) is 1. The van der Waals surface area contributed by atoms with Crippen LogP contribution in [-0.2, 0) is 4.79 Å². The van der Waals surface area contributed by atoms with E-state index in [1.165, 1.54) is 4.90 Å². The molecule has 5 heteroatoms. The van der Waals surface area contributed by atoms with E-state index >= 15 is 0 Å². The van der Waals surface area contributed by atoms with Crippen LogP contribution in [0.25, 0.3) is 0 Å². The Morgan fingerprint density at radius 3 is 2.43 bits per heavy atom. The second-order valence-electron chi connectivity index (χ2n) is 4.71. The Kier molecular flexibility index (Phi) is 4.23. The van der Waals surface area contributed by atoms with Gasteiger partial charge in [0, 0.05) is 11.4 Å². The lowest BCUT2D eigenvalue weighted by Gasteiger charge is -2.21. The minimum Gasteiger partial charge on any atom is -0.480 e. The van der Waals surface area contributed by atoms with Crippen molar-refractivity contribution in [2.45, 2.75) is 6.92 Å². The number of amides is 1. The first kappa shape index (κ1) is 14.6. The van der Waals surface area contributed by atoms with Gasteiger partial charge in [-0.05, 0) is 31.2 Å². The van der Waals surface area contributed by atoms with Crippen LogP contribution in [0.15, 0.2) is 48.5 Å². The predicted octanol–water partition coefficient (Wildman–Crippen LogP) is 2.31. The first-order valence-electron chi connectivity index (χ1n) is 6.44. The number of nitrogens with zero attached hydrogens (tertiary/aromatic N) is 1. The standard InChI is InChI=1S/C16H16N2O3/c1-11-7-8-14(17)13(9-11)16(21)18(10-15(19)20)12-5-3-2-4-6-12/h2-9H,10,17H2,1H3,(H,19,20). The second-order valence-corrected chi connectivity index (χ2v) is 4.71. The summed E-state index contributed by atoms with van der Waals surface area (Å²) in [5, 5.41) is 9.04. The number of aliphatic carboxylic acids is 1. The van der Waals surface area contributed by atoms with Crippen LogP contribution in [0.2, 0.25) is 0 Å². The van der Waals surface area contributed by atoms with Gasteiger partial charge in [0.15, 0.2) is 0 Å². The molecule has 5 nitrogen and oxygen atoms in total. The van der Waals surface area contributed by atoms with Gasteiger partial charge in [0.1, 0.15) is 6.54 Å². The Bertz CT molecular complexity index is 668. The zero-order chi connectivity index (χ0) is 15.4.